The van der Waals surface area contributed by atoms with E-state index in [-0.39, 0.29) is 12.4 Å². The molecule has 0 saturated heterocycles. The minimum Gasteiger partial charge on any atom is -0.466 e. The summed E-state index contributed by atoms with van der Waals surface area (Å²) in [6, 6.07) is 3.81. The van der Waals surface area contributed by atoms with Crippen molar-refractivity contribution in [2.45, 2.75) is 26.0 Å². The van der Waals surface area contributed by atoms with Gasteiger partial charge in [0.1, 0.15) is 0 Å². The number of rotatable bonds is 7. The first-order chi connectivity index (χ1) is 8.51. The molecule has 0 amide bonds. The van der Waals surface area contributed by atoms with Gasteiger partial charge in [-0.2, -0.15) is 0 Å². The number of aliphatic hydroxyl groups excluding tert-OH is 1. The Labute approximate surface area is 116 Å². The highest BCUT2D eigenvalue weighted by Gasteiger charge is 2.14. The summed E-state index contributed by atoms with van der Waals surface area (Å²) in [7, 11) is 1.89. The zero-order chi connectivity index (χ0) is 13.5. The van der Waals surface area contributed by atoms with Gasteiger partial charge in [-0.1, -0.05) is 11.6 Å². The fourth-order valence-electron chi connectivity index (χ4n) is 1.60. The summed E-state index contributed by atoms with van der Waals surface area (Å²) in [5, 5.41) is 9.73. The van der Waals surface area contributed by atoms with E-state index in [4.69, 9.17) is 16.3 Å². The van der Waals surface area contributed by atoms with Crippen LogP contribution in [0.4, 0.5) is 0 Å². The number of ether oxygens (including phenoxy) is 1. The van der Waals surface area contributed by atoms with E-state index in [0.29, 0.717) is 19.7 Å². The van der Waals surface area contributed by atoms with Crippen molar-refractivity contribution in [3.8, 4) is 0 Å². The Morgan fingerprint density at radius 1 is 1.61 bits per heavy atom. The van der Waals surface area contributed by atoms with Crippen LogP contribution in [0.2, 0.25) is 4.34 Å². The topological polar surface area (TPSA) is 49.8 Å². The average molecular weight is 292 g/mol. The molecule has 0 aliphatic heterocycles. The fraction of sp³-hybridized carbons (Fsp3) is 0.583. The molecule has 0 radical (unpaired) electrons. The Morgan fingerprint density at radius 3 is 2.89 bits per heavy atom. The van der Waals surface area contributed by atoms with Crippen molar-refractivity contribution in [1.29, 1.82) is 0 Å². The van der Waals surface area contributed by atoms with Crippen LogP contribution in [-0.2, 0) is 16.1 Å². The van der Waals surface area contributed by atoms with E-state index in [1.54, 1.807) is 6.92 Å². The maximum absolute atomic E-state index is 11.2. The van der Waals surface area contributed by atoms with Gasteiger partial charge in [0.2, 0.25) is 0 Å². The molecule has 4 nitrogen and oxygen atoms in total. The van der Waals surface area contributed by atoms with Gasteiger partial charge < -0.3 is 9.84 Å². The summed E-state index contributed by atoms with van der Waals surface area (Å²) in [6.07, 6.45) is -0.673. The molecule has 0 spiro atoms. The van der Waals surface area contributed by atoms with Gasteiger partial charge in [-0.3, -0.25) is 9.69 Å². The summed E-state index contributed by atoms with van der Waals surface area (Å²) >= 11 is 7.36. The predicted octanol–water partition coefficient (Wildman–Crippen LogP) is 2.15. The number of nitrogens with zero attached hydrogens (tertiary/aromatic N) is 1. The Morgan fingerprint density at radius 2 is 2.33 bits per heavy atom. The third-order valence-corrected chi connectivity index (χ3v) is 3.50. The molecule has 18 heavy (non-hydrogen) atoms. The molecule has 1 heterocycles. The largest absolute Gasteiger partial charge is 0.466 e. The second-order valence-corrected chi connectivity index (χ2v) is 5.87. The maximum Gasteiger partial charge on any atom is 0.308 e. The molecule has 0 bridgehead atoms. The monoisotopic (exact) mass is 291 g/mol. The van der Waals surface area contributed by atoms with Crippen LogP contribution in [0.1, 0.15) is 18.2 Å². The summed E-state index contributed by atoms with van der Waals surface area (Å²) in [6.45, 7) is 3.22. The van der Waals surface area contributed by atoms with Gasteiger partial charge >= 0.3 is 5.97 Å². The van der Waals surface area contributed by atoms with Crippen molar-refractivity contribution >= 4 is 28.9 Å². The second kappa shape index (κ2) is 7.74. The molecule has 1 unspecified atom stereocenters. The Kier molecular flexibility index (Phi) is 6.63. The highest BCUT2D eigenvalue weighted by atomic mass is 35.5. The number of hydrogen-bond acceptors (Lipinski definition) is 5. The van der Waals surface area contributed by atoms with Gasteiger partial charge in [0, 0.05) is 18.0 Å². The van der Waals surface area contributed by atoms with E-state index in [1.165, 1.54) is 11.3 Å². The molecule has 102 valence electrons. The lowest BCUT2D eigenvalue weighted by atomic mass is 10.2. The highest BCUT2D eigenvalue weighted by molar-refractivity contribution is 7.16. The number of carbonyl (C=O) groups excluding carboxylic acids is 1. The Hall–Kier alpha value is -0.620. The van der Waals surface area contributed by atoms with Gasteiger partial charge in [-0.15, -0.1) is 11.3 Å². The molecule has 0 saturated carbocycles. The van der Waals surface area contributed by atoms with Crippen LogP contribution in [0.15, 0.2) is 12.1 Å². The van der Waals surface area contributed by atoms with E-state index in [2.05, 4.69) is 0 Å². The molecule has 0 aliphatic carbocycles. The number of hydrogen-bond donors (Lipinski definition) is 1. The summed E-state index contributed by atoms with van der Waals surface area (Å²) in [5.41, 5.74) is 0. The van der Waals surface area contributed by atoms with Crippen molar-refractivity contribution in [2.75, 3.05) is 20.2 Å². The first kappa shape index (κ1) is 15.4. The fourth-order valence-corrected chi connectivity index (χ4v) is 2.77. The van der Waals surface area contributed by atoms with Crippen molar-refractivity contribution in [1.82, 2.24) is 4.90 Å². The molecule has 1 rings (SSSR count). The lowest BCUT2D eigenvalue weighted by Crippen LogP contribution is -2.30. The predicted molar refractivity (Wildman–Crippen MR) is 72.9 cm³/mol. The molecule has 0 fully saturated rings. The Balaban J connectivity index is 2.30. The zero-order valence-corrected chi connectivity index (χ0v) is 12.1. The molecule has 1 aromatic rings. The lowest BCUT2D eigenvalue weighted by molar-refractivity contribution is -0.145. The van der Waals surface area contributed by atoms with Crippen LogP contribution in [0.5, 0.6) is 0 Å². The van der Waals surface area contributed by atoms with Gasteiger partial charge in [0.05, 0.1) is 23.5 Å². The van der Waals surface area contributed by atoms with Crippen LogP contribution in [-0.4, -0.2) is 42.3 Å². The first-order valence-corrected chi connectivity index (χ1v) is 6.97. The van der Waals surface area contributed by atoms with E-state index in [0.717, 1.165) is 9.21 Å². The standard InChI is InChI=1S/C12H18ClNO3S/c1-3-17-12(16)6-9(15)7-14(2)8-10-4-5-11(13)18-10/h4-5,9,15H,3,6-8H2,1-2H3. The van der Waals surface area contributed by atoms with Crippen LogP contribution in [0, 0.1) is 0 Å². The summed E-state index contributed by atoms with van der Waals surface area (Å²) < 4.78 is 5.54. The first-order valence-electron chi connectivity index (χ1n) is 5.77. The third kappa shape index (κ3) is 5.82. The number of carbonyl (C=O) groups is 1. The Bertz CT molecular complexity index is 383. The van der Waals surface area contributed by atoms with E-state index in [9.17, 15) is 9.90 Å². The van der Waals surface area contributed by atoms with Crippen molar-refractivity contribution < 1.29 is 14.6 Å². The molecule has 1 aromatic heterocycles. The molecule has 1 atom stereocenters. The SMILES string of the molecule is CCOC(=O)CC(O)CN(C)Cc1ccc(Cl)s1. The smallest absolute Gasteiger partial charge is 0.308 e. The van der Waals surface area contributed by atoms with Crippen LogP contribution < -0.4 is 0 Å². The van der Waals surface area contributed by atoms with Crippen LogP contribution in [0.3, 0.4) is 0 Å². The minimum atomic E-state index is -0.704. The summed E-state index contributed by atoms with van der Waals surface area (Å²) in [5.74, 6) is -0.363. The third-order valence-electron chi connectivity index (χ3n) is 2.28. The van der Waals surface area contributed by atoms with E-state index < -0.39 is 6.10 Å². The number of aliphatic hydroxyl groups is 1. The quantitative estimate of drug-likeness (QED) is 0.782. The molecule has 1 N–H and O–H groups in total. The molecule has 0 aliphatic rings. The van der Waals surface area contributed by atoms with Crippen LogP contribution >= 0.6 is 22.9 Å². The average Bonchev–Trinajstić information content (AvgIpc) is 2.63. The second-order valence-electron chi connectivity index (χ2n) is 4.07. The number of thiophene rings is 1. The summed E-state index contributed by atoms with van der Waals surface area (Å²) in [4.78, 5) is 14.3. The zero-order valence-electron chi connectivity index (χ0n) is 10.6. The van der Waals surface area contributed by atoms with Crippen molar-refractivity contribution in [3.05, 3.63) is 21.3 Å². The minimum absolute atomic E-state index is 0.0311. The van der Waals surface area contributed by atoms with Crippen molar-refractivity contribution in [3.63, 3.8) is 0 Å². The lowest BCUT2D eigenvalue weighted by Gasteiger charge is -2.19. The van der Waals surface area contributed by atoms with Crippen molar-refractivity contribution in [2.24, 2.45) is 0 Å². The van der Waals surface area contributed by atoms with E-state index in [1.807, 2.05) is 24.1 Å². The van der Waals surface area contributed by atoms with Crippen LogP contribution in [0.25, 0.3) is 0 Å². The van der Waals surface area contributed by atoms with Gasteiger partial charge in [0.15, 0.2) is 0 Å². The normalized spacial score (nSPS) is 12.7. The highest BCUT2D eigenvalue weighted by Crippen LogP contribution is 2.22. The van der Waals surface area contributed by atoms with E-state index >= 15 is 0 Å². The molecule has 0 aromatic carbocycles. The molecular formula is C12H18ClNO3S. The maximum atomic E-state index is 11.2. The molecular weight excluding hydrogens is 274 g/mol. The number of likely N-dealkylation sites (N-methyl/N-ethyl adjacent to an activating group) is 1. The number of halogens is 1. The van der Waals surface area contributed by atoms with Gasteiger partial charge in [-0.05, 0) is 26.1 Å². The number of esters is 1. The van der Waals surface area contributed by atoms with Gasteiger partial charge in [0.25, 0.3) is 0 Å². The van der Waals surface area contributed by atoms with Gasteiger partial charge in [-0.25, -0.2) is 0 Å². The molecule has 6 heteroatoms.